The van der Waals surface area contributed by atoms with E-state index in [-0.39, 0.29) is 12.6 Å². The Morgan fingerprint density at radius 1 is 1.57 bits per heavy atom. The number of pyridine rings is 1. The molecule has 3 nitrogen and oxygen atoms in total. The summed E-state index contributed by atoms with van der Waals surface area (Å²) in [5.74, 6) is 0.860. The van der Waals surface area contributed by atoms with Gasteiger partial charge in [0.1, 0.15) is 5.82 Å². The van der Waals surface area contributed by atoms with Crippen molar-refractivity contribution in [2.45, 2.75) is 13.0 Å². The van der Waals surface area contributed by atoms with Crippen molar-refractivity contribution in [1.29, 1.82) is 0 Å². The number of anilines is 1. The maximum absolute atomic E-state index is 8.93. The predicted octanol–water partition coefficient (Wildman–Crippen LogP) is 2.09. The van der Waals surface area contributed by atoms with Crippen molar-refractivity contribution in [2.75, 3.05) is 11.9 Å². The molecular formula is C10H12N2OS. The summed E-state index contributed by atoms with van der Waals surface area (Å²) < 4.78 is 1.15. The Balaban J connectivity index is 2.36. The maximum atomic E-state index is 8.93. The second kappa shape index (κ2) is 3.94. The van der Waals surface area contributed by atoms with Crippen molar-refractivity contribution < 1.29 is 5.11 Å². The minimum absolute atomic E-state index is 0.0372. The van der Waals surface area contributed by atoms with Crippen LogP contribution < -0.4 is 5.32 Å². The van der Waals surface area contributed by atoms with Gasteiger partial charge in [0.25, 0.3) is 0 Å². The van der Waals surface area contributed by atoms with E-state index in [9.17, 15) is 0 Å². The van der Waals surface area contributed by atoms with Gasteiger partial charge in [0.2, 0.25) is 0 Å². The highest BCUT2D eigenvalue weighted by molar-refractivity contribution is 7.17. The predicted molar refractivity (Wildman–Crippen MR) is 59.8 cm³/mol. The van der Waals surface area contributed by atoms with E-state index in [0.29, 0.717) is 0 Å². The molecule has 2 aromatic heterocycles. The molecule has 74 valence electrons. The summed E-state index contributed by atoms with van der Waals surface area (Å²) in [5, 5.41) is 15.3. The van der Waals surface area contributed by atoms with Crippen LogP contribution in [0.3, 0.4) is 0 Å². The molecule has 0 aliphatic rings. The minimum Gasteiger partial charge on any atom is -0.394 e. The number of fused-ring (bicyclic) bond motifs is 1. The molecule has 0 aromatic carbocycles. The third-order valence-electron chi connectivity index (χ3n) is 2.03. The van der Waals surface area contributed by atoms with Crippen LogP contribution in [0.5, 0.6) is 0 Å². The molecule has 2 heterocycles. The maximum Gasteiger partial charge on any atom is 0.144 e. The van der Waals surface area contributed by atoms with Crippen LogP contribution in [0.25, 0.3) is 10.1 Å². The second-order valence-corrected chi connectivity index (χ2v) is 4.14. The molecule has 4 heteroatoms. The standard InChI is InChI=1S/C10H12N2OS/c1-7(6-13)12-10-9-8(2-4-11-10)3-5-14-9/h2-5,7,13H,6H2,1H3,(H,11,12). The topological polar surface area (TPSA) is 45.1 Å². The summed E-state index contributed by atoms with van der Waals surface area (Å²) in [4.78, 5) is 4.26. The molecule has 2 rings (SSSR count). The van der Waals surface area contributed by atoms with Gasteiger partial charge in [-0.2, -0.15) is 0 Å². The van der Waals surface area contributed by atoms with E-state index in [1.54, 1.807) is 17.5 Å². The van der Waals surface area contributed by atoms with Crippen LogP contribution in [0.1, 0.15) is 6.92 Å². The molecule has 0 fully saturated rings. The minimum atomic E-state index is 0.0372. The highest BCUT2D eigenvalue weighted by Crippen LogP contribution is 2.26. The van der Waals surface area contributed by atoms with Crippen LogP contribution in [0.4, 0.5) is 5.82 Å². The number of nitrogens with zero attached hydrogens (tertiary/aromatic N) is 1. The van der Waals surface area contributed by atoms with Crippen LogP contribution in [-0.2, 0) is 0 Å². The normalized spacial score (nSPS) is 13.0. The quantitative estimate of drug-likeness (QED) is 0.811. The summed E-state index contributed by atoms with van der Waals surface area (Å²) >= 11 is 1.66. The number of aliphatic hydroxyl groups is 1. The van der Waals surface area contributed by atoms with Gasteiger partial charge in [0.05, 0.1) is 11.3 Å². The van der Waals surface area contributed by atoms with Crippen molar-refractivity contribution in [3.8, 4) is 0 Å². The number of aromatic nitrogens is 1. The summed E-state index contributed by atoms with van der Waals surface area (Å²) in [5.41, 5.74) is 0. The highest BCUT2D eigenvalue weighted by Gasteiger charge is 2.05. The first-order valence-corrected chi connectivity index (χ1v) is 5.39. The van der Waals surface area contributed by atoms with Crippen molar-refractivity contribution in [2.24, 2.45) is 0 Å². The molecule has 1 unspecified atom stereocenters. The molecule has 2 N–H and O–H groups in total. The van der Waals surface area contributed by atoms with E-state index in [1.807, 2.05) is 18.4 Å². The first-order valence-electron chi connectivity index (χ1n) is 4.51. The fourth-order valence-electron chi connectivity index (χ4n) is 1.28. The lowest BCUT2D eigenvalue weighted by molar-refractivity contribution is 0.281. The molecule has 0 bridgehead atoms. The van der Waals surface area contributed by atoms with Crippen LogP contribution in [-0.4, -0.2) is 22.7 Å². The van der Waals surface area contributed by atoms with Crippen molar-refractivity contribution in [3.63, 3.8) is 0 Å². The van der Waals surface area contributed by atoms with Crippen molar-refractivity contribution in [3.05, 3.63) is 23.7 Å². The van der Waals surface area contributed by atoms with Gasteiger partial charge in [-0.1, -0.05) is 0 Å². The van der Waals surface area contributed by atoms with E-state index in [2.05, 4.69) is 16.4 Å². The zero-order chi connectivity index (χ0) is 9.97. The zero-order valence-corrected chi connectivity index (χ0v) is 8.71. The average molecular weight is 208 g/mol. The lowest BCUT2D eigenvalue weighted by Gasteiger charge is -2.11. The Morgan fingerprint density at radius 3 is 3.21 bits per heavy atom. The highest BCUT2D eigenvalue weighted by atomic mass is 32.1. The van der Waals surface area contributed by atoms with Crippen LogP contribution >= 0.6 is 11.3 Å². The molecule has 0 saturated carbocycles. The van der Waals surface area contributed by atoms with Gasteiger partial charge >= 0.3 is 0 Å². The SMILES string of the molecule is CC(CO)Nc1nccc2ccsc12. The van der Waals surface area contributed by atoms with Crippen molar-refractivity contribution in [1.82, 2.24) is 4.98 Å². The Kier molecular flexibility index (Phi) is 2.65. The number of hydrogen-bond acceptors (Lipinski definition) is 4. The van der Waals surface area contributed by atoms with E-state index < -0.39 is 0 Å². The molecular weight excluding hydrogens is 196 g/mol. The van der Waals surface area contributed by atoms with Gasteiger partial charge in [-0.05, 0) is 29.8 Å². The number of nitrogens with one attached hydrogen (secondary N) is 1. The van der Waals surface area contributed by atoms with Gasteiger partial charge in [-0.3, -0.25) is 0 Å². The molecule has 0 spiro atoms. The Bertz CT molecular complexity index is 427. The van der Waals surface area contributed by atoms with Gasteiger partial charge in [-0.15, -0.1) is 11.3 Å². The van der Waals surface area contributed by atoms with Gasteiger partial charge < -0.3 is 10.4 Å². The van der Waals surface area contributed by atoms with E-state index in [1.165, 1.54) is 5.39 Å². The molecule has 1 atom stereocenters. The summed E-state index contributed by atoms with van der Waals surface area (Å²) in [6.07, 6.45) is 1.78. The molecule has 0 saturated heterocycles. The van der Waals surface area contributed by atoms with Gasteiger partial charge in [-0.25, -0.2) is 4.98 Å². The zero-order valence-electron chi connectivity index (χ0n) is 7.90. The number of thiophene rings is 1. The largest absolute Gasteiger partial charge is 0.394 e. The van der Waals surface area contributed by atoms with E-state index in [0.717, 1.165) is 10.5 Å². The van der Waals surface area contributed by atoms with E-state index in [4.69, 9.17) is 5.11 Å². The Morgan fingerprint density at radius 2 is 2.43 bits per heavy atom. The summed E-state index contributed by atoms with van der Waals surface area (Å²) in [6, 6.07) is 4.09. The molecule has 2 aromatic rings. The monoisotopic (exact) mass is 208 g/mol. The number of aliphatic hydroxyl groups excluding tert-OH is 1. The molecule has 0 aliphatic carbocycles. The Labute approximate surface area is 86.4 Å². The van der Waals surface area contributed by atoms with Crippen LogP contribution in [0, 0.1) is 0 Å². The first kappa shape index (κ1) is 9.43. The fourth-order valence-corrected chi connectivity index (χ4v) is 2.12. The van der Waals surface area contributed by atoms with Crippen molar-refractivity contribution >= 4 is 27.2 Å². The third kappa shape index (κ3) is 1.71. The fraction of sp³-hybridized carbons (Fsp3) is 0.300. The Hall–Kier alpha value is -1.13. The third-order valence-corrected chi connectivity index (χ3v) is 2.96. The summed E-state index contributed by atoms with van der Waals surface area (Å²) in [7, 11) is 0. The lowest BCUT2D eigenvalue weighted by atomic mass is 10.3. The van der Waals surface area contributed by atoms with Gasteiger partial charge in [0.15, 0.2) is 0 Å². The average Bonchev–Trinajstić information content (AvgIpc) is 2.66. The molecule has 0 amide bonds. The van der Waals surface area contributed by atoms with E-state index >= 15 is 0 Å². The number of hydrogen-bond donors (Lipinski definition) is 2. The molecule has 0 aliphatic heterocycles. The molecule has 14 heavy (non-hydrogen) atoms. The number of rotatable bonds is 3. The van der Waals surface area contributed by atoms with Crippen LogP contribution in [0.2, 0.25) is 0 Å². The molecule has 0 radical (unpaired) electrons. The smallest absolute Gasteiger partial charge is 0.144 e. The second-order valence-electron chi connectivity index (χ2n) is 3.23. The lowest BCUT2D eigenvalue weighted by Crippen LogP contribution is -2.19. The van der Waals surface area contributed by atoms with Crippen LogP contribution in [0.15, 0.2) is 23.7 Å². The summed E-state index contributed by atoms with van der Waals surface area (Å²) in [6.45, 7) is 2.04. The van der Waals surface area contributed by atoms with Gasteiger partial charge in [0, 0.05) is 12.2 Å². The first-order chi connectivity index (χ1) is 6.81.